The predicted octanol–water partition coefficient (Wildman–Crippen LogP) is 4.95. The lowest BCUT2D eigenvalue weighted by atomic mass is 10.0. The van der Waals surface area contributed by atoms with Gasteiger partial charge in [0, 0.05) is 42.5 Å². The van der Waals surface area contributed by atoms with Crippen LogP contribution in [0.2, 0.25) is 0 Å². The number of rotatable bonds is 3. The monoisotopic (exact) mass is 417 g/mol. The van der Waals surface area contributed by atoms with Crippen LogP contribution in [0.5, 0.6) is 0 Å². The lowest BCUT2D eigenvalue weighted by Gasteiger charge is -2.37. The van der Waals surface area contributed by atoms with Crippen LogP contribution in [0.4, 0.5) is 16.2 Å². The fourth-order valence-electron chi connectivity index (χ4n) is 3.12. The number of esters is 1. The van der Waals surface area contributed by atoms with Crippen molar-refractivity contribution in [2.75, 3.05) is 31.1 Å². The van der Waals surface area contributed by atoms with Gasteiger partial charge in [0.15, 0.2) is 0 Å². The van der Waals surface area contributed by atoms with Crippen molar-refractivity contribution in [3.63, 3.8) is 0 Å². The van der Waals surface area contributed by atoms with Gasteiger partial charge in [-0.3, -0.25) is 0 Å². The first kappa shape index (κ1) is 23.3. The third-order valence-corrected chi connectivity index (χ3v) is 4.42. The van der Waals surface area contributed by atoms with Gasteiger partial charge in [0.1, 0.15) is 11.2 Å². The lowest BCUT2D eigenvalue weighted by molar-refractivity contribution is 0.00683. The Kier molecular flexibility index (Phi) is 6.87. The Balaban J connectivity index is 2.26. The second-order valence-electron chi connectivity index (χ2n) is 9.28. The van der Waals surface area contributed by atoms with Crippen molar-refractivity contribution in [2.45, 2.75) is 59.7 Å². The highest BCUT2D eigenvalue weighted by atomic mass is 16.6. The van der Waals surface area contributed by atoms with E-state index in [2.05, 4.69) is 14.9 Å². The standard InChI is InChI=1S/C21H31N5O4/c1-14-16(18(27)29-20(2,3)4)12-15(23-24-22)13-17(14)25-8-10-26(11-9-25)19(28)30-21(5,6)7/h12-13H,8-11H2,1-7H3. The molecule has 1 aromatic carbocycles. The summed E-state index contributed by atoms with van der Waals surface area (Å²) in [7, 11) is 0. The maximum atomic E-state index is 12.7. The molecule has 1 aliphatic rings. The van der Waals surface area contributed by atoms with Crippen LogP contribution in [0.15, 0.2) is 17.2 Å². The first-order valence-electron chi connectivity index (χ1n) is 9.97. The second-order valence-corrected chi connectivity index (χ2v) is 9.28. The van der Waals surface area contributed by atoms with E-state index in [1.165, 1.54) is 0 Å². The second kappa shape index (κ2) is 8.83. The molecule has 0 atom stereocenters. The van der Waals surface area contributed by atoms with E-state index < -0.39 is 17.2 Å². The van der Waals surface area contributed by atoms with Crippen molar-refractivity contribution >= 4 is 23.4 Å². The summed E-state index contributed by atoms with van der Waals surface area (Å²) in [5.41, 5.74) is 9.91. The Hall–Kier alpha value is -2.93. The lowest BCUT2D eigenvalue weighted by Crippen LogP contribution is -2.50. The molecule has 0 spiro atoms. The van der Waals surface area contributed by atoms with Gasteiger partial charge >= 0.3 is 12.1 Å². The fraction of sp³-hybridized carbons (Fsp3) is 0.619. The molecule has 9 nitrogen and oxygen atoms in total. The van der Waals surface area contributed by atoms with Crippen LogP contribution in [0, 0.1) is 6.92 Å². The fourth-order valence-corrected chi connectivity index (χ4v) is 3.12. The quantitative estimate of drug-likeness (QED) is 0.299. The van der Waals surface area contributed by atoms with Crippen molar-refractivity contribution in [2.24, 2.45) is 5.11 Å². The average molecular weight is 418 g/mol. The molecule has 164 valence electrons. The molecule has 0 aromatic heterocycles. The first-order valence-corrected chi connectivity index (χ1v) is 9.97. The summed E-state index contributed by atoms with van der Waals surface area (Å²) in [5, 5.41) is 3.69. The van der Waals surface area contributed by atoms with Gasteiger partial charge in [0.25, 0.3) is 0 Å². The molecule has 0 aliphatic carbocycles. The van der Waals surface area contributed by atoms with Crippen molar-refractivity contribution in [3.8, 4) is 0 Å². The minimum absolute atomic E-state index is 0.337. The van der Waals surface area contributed by atoms with Crippen molar-refractivity contribution in [1.29, 1.82) is 0 Å². The number of ether oxygens (including phenoxy) is 2. The minimum Gasteiger partial charge on any atom is -0.456 e. The molecule has 0 unspecified atom stereocenters. The molecule has 0 saturated carbocycles. The van der Waals surface area contributed by atoms with Gasteiger partial charge in [-0.05, 0) is 71.7 Å². The van der Waals surface area contributed by atoms with Gasteiger partial charge in [-0.15, -0.1) is 0 Å². The zero-order chi connectivity index (χ0) is 22.7. The van der Waals surface area contributed by atoms with Crippen LogP contribution in [0.3, 0.4) is 0 Å². The highest BCUT2D eigenvalue weighted by Crippen LogP contribution is 2.32. The van der Waals surface area contributed by atoms with Gasteiger partial charge in [-0.25, -0.2) is 9.59 Å². The highest BCUT2D eigenvalue weighted by Gasteiger charge is 2.28. The number of benzene rings is 1. The number of carbonyl (C=O) groups excluding carboxylic acids is 2. The van der Waals surface area contributed by atoms with Gasteiger partial charge in [0.05, 0.1) is 5.56 Å². The van der Waals surface area contributed by atoms with Crippen LogP contribution in [0.1, 0.15) is 57.5 Å². The molecule has 1 fully saturated rings. The Labute approximate surface area is 177 Å². The predicted molar refractivity (Wildman–Crippen MR) is 115 cm³/mol. The van der Waals surface area contributed by atoms with E-state index in [9.17, 15) is 9.59 Å². The van der Waals surface area contributed by atoms with Crippen molar-refractivity contribution in [1.82, 2.24) is 4.90 Å². The summed E-state index contributed by atoms with van der Waals surface area (Å²) in [6, 6.07) is 3.30. The smallest absolute Gasteiger partial charge is 0.410 e. The van der Waals surface area contributed by atoms with Crippen LogP contribution >= 0.6 is 0 Å². The molecule has 0 N–H and O–H groups in total. The Bertz CT molecular complexity index is 855. The van der Waals surface area contributed by atoms with E-state index >= 15 is 0 Å². The third kappa shape index (κ3) is 6.29. The summed E-state index contributed by atoms with van der Waals surface area (Å²) < 4.78 is 11.0. The zero-order valence-corrected chi connectivity index (χ0v) is 18.9. The van der Waals surface area contributed by atoms with Gasteiger partial charge < -0.3 is 19.3 Å². The molecule has 30 heavy (non-hydrogen) atoms. The van der Waals surface area contributed by atoms with Gasteiger partial charge in [0.2, 0.25) is 0 Å². The van der Waals surface area contributed by atoms with E-state index in [1.54, 1.807) is 37.8 Å². The van der Waals surface area contributed by atoms with E-state index in [0.717, 1.165) is 11.3 Å². The summed E-state index contributed by atoms with van der Waals surface area (Å²) in [6.45, 7) is 14.9. The largest absolute Gasteiger partial charge is 0.456 e. The number of amides is 1. The van der Waals surface area contributed by atoms with Crippen LogP contribution in [0.25, 0.3) is 10.4 Å². The normalized spacial score (nSPS) is 14.8. The van der Waals surface area contributed by atoms with Crippen molar-refractivity contribution < 1.29 is 19.1 Å². The van der Waals surface area contributed by atoms with Crippen LogP contribution in [-0.2, 0) is 9.47 Å². The van der Waals surface area contributed by atoms with Gasteiger partial charge in [-0.2, -0.15) is 0 Å². The average Bonchev–Trinajstić information content (AvgIpc) is 2.60. The summed E-state index contributed by atoms with van der Waals surface area (Å²) in [6.07, 6.45) is -0.337. The molecule has 1 aliphatic heterocycles. The third-order valence-electron chi connectivity index (χ3n) is 4.42. The highest BCUT2D eigenvalue weighted by molar-refractivity contribution is 5.94. The molecule has 1 amide bonds. The molecule has 0 bridgehead atoms. The number of azide groups is 1. The van der Waals surface area contributed by atoms with Gasteiger partial charge in [-0.1, -0.05) is 5.11 Å². The van der Waals surface area contributed by atoms with E-state index in [-0.39, 0.29) is 6.09 Å². The van der Waals surface area contributed by atoms with Crippen LogP contribution < -0.4 is 4.90 Å². The maximum absolute atomic E-state index is 12.7. The molecule has 1 heterocycles. The molecule has 2 rings (SSSR count). The molecular weight excluding hydrogens is 386 g/mol. The number of hydrogen-bond acceptors (Lipinski definition) is 6. The molecular formula is C21H31N5O4. The van der Waals surface area contributed by atoms with E-state index in [4.69, 9.17) is 15.0 Å². The Morgan fingerprint density at radius 3 is 2.07 bits per heavy atom. The summed E-state index contributed by atoms with van der Waals surface area (Å²) >= 11 is 0. The topological polar surface area (TPSA) is 108 Å². The molecule has 9 heteroatoms. The maximum Gasteiger partial charge on any atom is 0.410 e. The Morgan fingerprint density at radius 2 is 1.57 bits per heavy atom. The van der Waals surface area contributed by atoms with E-state index in [0.29, 0.717) is 37.4 Å². The van der Waals surface area contributed by atoms with Crippen molar-refractivity contribution in [3.05, 3.63) is 33.7 Å². The number of nitrogens with zero attached hydrogens (tertiary/aromatic N) is 5. The molecule has 1 saturated heterocycles. The first-order chi connectivity index (χ1) is 13.8. The number of piperazine rings is 1. The summed E-state index contributed by atoms with van der Waals surface area (Å²) in [5.74, 6) is -0.469. The SMILES string of the molecule is Cc1c(C(=O)OC(C)(C)C)cc(N=[N+]=[N-])cc1N1CCN(C(=O)OC(C)(C)C)CC1. The number of carbonyl (C=O) groups is 2. The molecule has 1 aromatic rings. The molecule has 0 radical (unpaired) electrons. The Morgan fingerprint density at radius 1 is 1.00 bits per heavy atom. The number of hydrogen-bond donors (Lipinski definition) is 0. The zero-order valence-electron chi connectivity index (χ0n) is 18.9. The number of anilines is 1. The van der Waals surface area contributed by atoms with E-state index in [1.807, 2.05) is 27.7 Å². The van der Waals surface area contributed by atoms with Crippen LogP contribution in [-0.4, -0.2) is 54.3 Å². The minimum atomic E-state index is -0.642. The summed E-state index contributed by atoms with van der Waals surface area (Å²) in [4.78, 5) is 31.6.